The van der Waals surface area contributed by atoms with Crippen LogP contribution in [0.1, 0.15) is 18.5 Å². The van der Waals surface area contributed by atoms with E-state index in [1.165, 1.54) is 6.92 Å². The van der Waals surface area contributed by atoms with E-state index in [4.69, 9.17) is 5.73 Å². The highest BCUT2D eigenvalue weighted by atomic mass is 32.2. The molecule has 0 spiro atoms. The molecule has 0 radical (unpaired) electrons. The summed E-state index contributed by atoms with van der Waals surface area (Å²) in [5.41, 5.74) is 5.67. The van der Waals surface area contributed by atoms with Crippen molar-refractivity contribution in [2.24, 2.45) is 5.92 Å². The summed E-state index contributed by atoms with van der Waals surface area (Å²) in [7, 11) is -3.96. The van der Waals surface area contributed by atoms with Crippen molar-refractivity contribution in [2.75, 3.05) is 18.8 Å². The van der Waals surface area contributed by atoms with Crippen LogP contribution in [0.3, 0.4) is 0 Å². The minimum Gasteiger partial charge on any atom is -0.375 e. The maximum Gasteiger partial charge on any atom is 0.393 e. The van der Waals surface area contributed by atoms with E-state index in [1.807, 2.05) is 0 Å². The molecule has 2 N–H and O–H groups in total. The van der Waals surface area contributed by atoms with Crippen molar-refractivity contribution in [2.45, 2.75) is 30.2 Å². The average Bonchev–Trinajstić information content (AvgIpc) is 2.68. The van der Waals surface area contributed by atoms with Crippen molar-refractivity contribution in [1.29, 1.82) is 0 Å². The molecule has 1 aromatic heterocycles. The number of aromatic nitrogens is 1. The van der Waals surface area contributed by atoms with Crippen molar-refractivity contribution in [3.8, 4) is 0 Å². The standard InChI is InChI=1S/C10H14F3N3O2S2/c1-6-8(19-9(14)15-6)20(17,18)16-4-2-3-7(5-16)10(11,12)13/h7H,2-5H2,1H3,(H2,14,15). The fourth-order valence-corrected chi connectivity index (χ4v) is 5.15. The van der Waals surface area contributed by atoms with Crippen LogP contribution in [0.5, 0.6) is 0 Å². The molecule has 20 heavy (non-hydrogen) atoms. The lowest BCUT2D eigenvalue weighted by molar-refractivity contribution is -0.182. The number of rotatable bonds is 2. The van der Waals surface area contributed by atoms with Gasteiger partial charge in [0.05, 0.1) is 11.6 Å². The largest absolute Gasteiger partial charge is 0.393 e. The number of nitrogens with two attached hydrogens (primary N) is 1. The van der Waals surface area contributed by atoms with Gasteiger partial charge in [-0.25, -0.2) is 13.4 Å². The molecule has 0 saturated carbocycles. The SMILES string of the molecule is Cc1nc(N)sc1S(=O)(=O)N1CCCC(C(F)(F)F)C1. The first-order chi connectivity index (χ1) is 9.12. The van der Waals surface area contributed by atoms with Crippen LogP contribution in [0.15, 0.2) is 4.21 Å². The molecule has 0 aliphatic carbocycles. The van der Waals surface area contributed by atoms with Crippen LogP contribution in [0.4, 0.5) is 18.3 Å². The third kappa shape index (κ3) is 2.91. The van der Waals surface area contributed by atoms with Gasteiger partial charge in [-0.1, -0.05) is 11.3 Å². The fraction of sp³-hybridized carbons (Fsp3) is 0.700. The monoisotopic (exact) mass is 329 g/mol. The molecule has 1 aliphatic heterocycles. The predicted molar refractivity (Wildman–Crippen MR) is 68.8 cm³/mol. The molecule has 1 fully saturated rings. The van der Waals surface area contributed by atoms with Gasteiger partial charge in [-0.3, -0.25) is 0 Å². The Morgan fingerprint density at radius 1 is 1.45 bits per heavy atom. The molecule has 0 aromatic carbocycles. The Kier molecular flexibility index (Phi) is 4.00. The van der Waals surface area contributed by atoms with E-state index >= 15 is 0 Å². The molecule has 1 aliphatic rings. The molecule has 10 heteroatoms. The summed E-state index contributed by atoms with van der Waals surface area (Å²) in [4.78, 5) is 3.81. The van der Waals surface area contributed by atoms with E-state index in [0.29, 0.717) is 0 Å². The number of halogens is 3. The second-order valence-corrected chi connectivity index (χ2v) is 7.83. The molecular formula is C10H14F3N3O2S2. The molecule has 0 bridgehead atoms. The summed E-state index contributed by atoms with van der Waals surface area (Å²) in [6.45, 7) is 1.03. The number of sulfonamides is 1. The number of hydrogen-bond acceptors (Lipinski definition) is 5. The number of nitrogens with zero attached hydrogens (tertiary/aromatic N) is 2. The van der Waals surface area contributed by atoms with Crippen LogP contribution >= 0.6 is 11.3 Å². The number of anilines is 1. The zero-order valence-electron chi connectivity index (χ0n) is 10.6. The van der Waals surface area contributed by atoms with Crippen LogP contribution in [-0.2, 0) is 10.0 Å². The molecule has 5 nitrogen and oxygen atoms in total. The zero-order chi connectivity index (χ0) is 15.1. The number of thiazole rings is 1. The maximum atomic E-state index is 12.7. The van der Waals surface area contributed by atoms with Gasteiger partial charge in [0.25, 0.3) is 10.0 Å². The summed E-state index contributed by atoms with van der Waals surface area (Å²) >= 11 is 0.779. The summed E-state index contributed by atoms with van der Waals surface area (Å²) in [5, 5.41) is 0.0884. The topological polar surface area (TPSA) is 76.3 Å². The Hall–Kier alpha value is -0.870. The smallest absolute Gasteiger partial charge is 0.375 e. The molecule has 1 saturated heterocycles. The highest BCUT2D eigenvalue weighted by Gasteiger charge is 2.44. The molecule has 114 valence electrons. The predicted octanol–water partition coefficient (Wildman–Crippen LogP) is 2.00. The van der Waals surface area contributed by atoms with E-state index in [1.54, 1.807) is 0 Å². The third-order valence-corrected chi connectivity index (χ3v) is 6.63. The first-order valence-electron chi connectivity index (χ1n) is 5.92. The van der Waals surface area contributed by atoms with Crippen LogP contribution in [0.2, 0.25) is 0 Å². The first-order valence-corrected chi connectivity index (χ1v) is 8.18. The average molecular weight is 329 g/mol. The van der Waals surface area contributed by atoms with Crippen molar-refractivity contribution in [1.82, 2.24) is 9.29 Å². The number of piperidine rings is 1. The fourth-order valence-electron chi connectivity index (χ4n) is 2.19. The lowest BCUT2D eigenvalue weighted by Crippen LogP contribution is -2.44. The summed E-state index contributed by atoms with van der Waals surface area (Å²) in [5.74, 6) is -1.61. The second kappa shape index (κ2) is 5.15. The van der Waals surface area contributed by atoms with Crippen LogP contribution in [0.25, 0.3) is 0 Å². The van der Waals surface area contributed by atoms with Gasteiger partial charge in [0.15, 0.2) is 9.34 Å². The molecular weight excluding hydrogens is 315 g/mol. The first kappa shape index (κ1) is 15.5. The molecule has 2 rings (SSSR count). The summed E-state index contributed by atoms with van der Waals surface area (Å²) in [6.07, 6.45) is -4.23. The van der Waals surface area contributed by atoms with Crippen molar-refractivity contribution in [3.05, 3.63) is 5.69 Å². The van der Waals surface area contributed by atoms with Gasteiger partial charge in [-0.15, -0.1) is 0 Å². The van der Waals surface area contributed by atoms with E-state index in [9.17, 15) is 21.6 Å². The van der Waals surface area contributed by atoms with Gasteiger partial charge in [-0.05, 0) is 19.8 Å². The minimum atomic E-state index is -4.38. The van der Waals surface area contributed by atoms with Gasteiger partial charge < -0.3 is 5.73 Å². The van der Waals surface area contributed by atoms with Gasteiger partial charge in [0.2, 0.25) is 0 Å². The van der Waals surface area contributed by atoms with Crippen molar-refractivity contribution in [3.63, 3.8) is 0 Å². The summed E-state index contributed by atoms with van der Waals surface area (Å²) in [6, 6.07) is 0. The van der Waals surface area contributed by atoms with E-state index in [-0.39, 0.29) is 34.4 Å². The third-order valence-electron chi connectivity index (χ3n) is 3.19. The van der Waals surface area contributed by atoms with Gasteiger partial charge in [-0.2, -0.15) is 17.5 Å². The number of aryl methyl sites for hydroxylation is 1. The Morgan fingerprint density at radius 3 is 2.60 bits per heavy atom. The molecule has 0 amide bonds. The van der Waals surface area contributed by atoms with Crippen LogP contribution < -0.4 is 5.73 Å². The molecule has 1 atom stereocenters. The minimum absolute atomic E-state index is 0.0423. The number of alkyl halides is 3. The van der Waals surface area contributed by atoms with Crippen LogP contribution in [0, 0.1) is 12.8 Å². The highest BCUT2D eigenvalue weighted by molar-refractivity contribution is 7.91. The van der Waals surface area contributed by atoms with E-state index in [0.717, 1.165) is 15.6 Å². The van der Waals surface area contributed by atoms with E-state index < -0.39 is 28.7 Å². The zero-order valence-corrected chi connectivity index (χ0v) is 12.3. The molecule has 1 unspecified atom stereocenters. The Labute approximate surface area is 118 Å². The maximum absolute atomic E-state index is 12.7. The Balaban J connectivity index is 2.28. The molecule has 1 aromatic rings. The summed E-state index contributed by atoms with van der Waals surface area (Å²) < 4.78 is 63.8. The highest BCUT2D eigenvalue weighted by Crippen LogP contribution is 2.36. The van der Waals surface area contributed by atoms with Crippen LogP contribution in [-0.4, -0.2) is 37.0 Å². The molecule has 2 heterocycles. The van der Waals surface area contributed by atoms with E-state index in [2.05, 4.69) is 4.98 Å². The second-order valence-electron chi connectivity index (χ2n) is 4.67. The number of nitrogen functional groups attached to an aromatic ring is 1. The Bertz CT molecular complexity index is 597. The van der Waals surface area contributed by atoms with Gasteiger partial charge in [0, 0.05) is 13.1 Å². The lowest BCUT2D eigenvalue weighted by atomic mass is 9.99. The van der Waals surface area contributed by atoms with Crippen molar-refractivity contribution >= 4 is 26.5 Å². The van der Waals surface area contributed by atoms with Gasteiger partial charge in [0.1, 0.15) is 0 Å². The quantitative estimate of drug-likeness (QED) is 0.900. The van der Waals surface area contributed by atoms with Crippen molar-refractivity contribution < 1.29 is 21.6 Å². The van der Waals surface area contributed by atoms with Gasteiger partial charge >= 0.3 is 6.18 Å². The lowest BCUT2D eigenvalue weighted by Gasteiger charge is -2.32. The number of hydrogen-bond donors (Lipinski definition) is 1. The normalized spacial score (nSPS) is 22.1. The Morgan fingerprint density at radius 2 is 2.10 bits per heavy atom.